The zero-order valence-corrected chi connectivity index (χ0v) is 12.4. The van der Waals surface area contributed by atoms with Crippen LogP contribution in [-0.2, 0) is 4.79 Å². The standard InChI is InChI=1S/C16H15FN4O2/c1-11(16-20-19-14-4-2-3-9-21(14)16)18-15(22)10-23-13-7-5-12(17)6-8-13/h2-9,11H,10H2,1H3,(H,18,22). The van der Waals surface area contributed by atoms with Gasteiger partial charge in [-0.3, -0.25) is 9.20 Å². The van der Waals surface area contributed by atoms with Crippen molar-refractivity contribution >= 4 is 11.6 Å². The fourth-order valence-electron chi connectivity index (χ4n) is 2.18. The second kappa shape index (κ2) is 6.43. The number of fused-ring (bicyclic) bond motifs is 1. The molecule has 0 fully saturated rings. The van der Waals surface area contributed by atoms with E-state index in [0.717, 1.165) is 0 Å². The molecule has 1 N–H and O–H groups in total. The summed E-state index contributed by atoms with van der Waals surface area (Å²) < 4.78 is 19.9. The van der Waals surface area contributed by atoms with Crippen molar-refractivity contribution in [2.24, 2.45) is 0 Å². The number of benzene rings is 1. The van der Waals surface area contributed by atoms with Gasteiger partial charge in [0.1, 0.15) is 11.6 Å². The Balaban J connectivity index is 1.60. The maximum atomic E-state index is 12.8. The summed E-state index contributed by atoms with van der Waals surface area (Å²) in [6.45, 7) is 1.66. The van der Waals surface area contributed by atoms with Gasteiger partial charge in [-0.25, -0.2) is 4.39 Å². The van der Waals surface area contributed by atoms with Gasteiger partial charge in [0, 0.05) is 6.20 Å². The monoisotopic (exact) mass is 314 g/mol. The Kier molecular flexibility index (Phi) is 4.18. The molecule has 0 saturated carbocycles. The topological polar surface area (TPSA) is 68.5 Å². The first-order chi connectivity index (χ1) is 11.1. The lowest BCUT2D eigenvalue weighted by atomic mass is 10.3. The van der Waals surface area contributed by atoms with E-state index >= 15 is 0 Å². The van der Waals surface area contributed by atoms with E-state index in [2.05, 4.69) is 15.5 Å². The summed E-state index contributed by atoms with van der Waals surface area (Å²) in [6, 6.07) is 10.7. The Morgan fingerprint density at radius 1 is 1.26 bits per heavy atom. The van der Waals surface area contributed by atoms with Crippen LogP contribution in [0.2, 0.25) is 0 Å². The molecule has 2 aromatic heterocycles. The number of hydrogen-bond donors (Lipinski definition) is 1. The Hall–Kier alpha value is -2.96. The van der Waals surface area contributed by atoms with Gasteiger partial charge in [0.05, 0.1) is 6.04 Å². The summed E-state index contributed by atoms with van der Waals surface area (Å²) >= 11 is 0. The van der Waals surface area contributed by atoms with Crippen LogP contribution in [0, 0.1) is 5.82 Å². The molecule has 3 rings (SSSR count). The van der Waals surface area contributed by atoms with Gasteiger partial charge in [0.25, 0.3) is 5.91 Å². The van der Waals surface area contributed by atoms with E-state index in [9.17, 15) is 9.18 Å². The van der Waals surface area contributed by atoms with Crippen LogP contribution in [-0.4, -0.2) is 27.1 Å². The number of amides is 1. The fraction of sp³-hybridized carbons (Fsp3) is 0.188. The van der Waals surface area contributed by atoms with E-state index in [1.165, 1.54) is 24.3 Å². The number of carbonyl (C=O) groups excluding carboxylic acids is 1. The third kappa shape index (κ3) is 3.45. The van der Waals surface area contributed by atoms with Gasteiger partial charge in [0.2, 0.25) is 0 Å². The number of carbonyl (C=O) groups is 1. The maximum Gasteiger partial charge on any atom is 0.258 e. The third-order valence-electron chi connectivity index (χ3n) is 3.29. The number of nitrogens with zero attached hydrogens (tertiary/aromatic N) is 3. The normalized spacial score (nSPS) is 12.1. The molecule has 23 heavy (non-hydrogen) atoms. The highest BCUT2D eigenvalue weighted by Crippen LogP contribution is 2.13. The Morgan fingerprint density at radius 3 is 2.83 bits per heavy atom. The molecule has 0 aliphatic rings. The number of nitrogens with one attached hydrogen (secondary N) is 1. The number of pyridine rings is 1. The average Bonchev–Trinajstić information content (AvgIpc) is 2.98. The molecule has 1 amide bonds. The molecule has 2 heterocycles. The van der Waals surface area contributed by atoms with Crippen molar-refractivity contribution in [1.29, 1.82) is 0 Å². The van der Waals surface area contributed by atoms with Crippen LogP contribution >= 0.6 is 0 Å². The minimum Gasteiger partial charge on any atom is -0.484 e. The third-order valence-corrected chi connectivity index (χ3v) is 3.29. The van der Waals surface area contributed by atoms with Crippen LogP contribution in [0.1, 0.15) is 18.8 Å². The second-order valence-corrected chi connectivity index (χ2v) is 5.02. The van der Waals surface area contributed by atoms with Gasteiger partial charge in [-0.15, -0.1) is 10.2 Å². The first-order valence-corrected chi connectivity index (χ1v) is 7.11. The summed E-state index contributed by atoms with van der Waals surface area (Å²) in [4.78, 5) is 12.0. The molecule has 0 aliphatic carbocycles. The smallest absolute Gasteiger partial charge is 0.258 e. The molecule has 0 spiro atoms. The highest BCUT2D eigenvalue weighted by atomic mass is 19.1. The van der Waals surface area contributed by atoms with Crippen molar-refractivity contribution in [2.75, 3.05) is 6.61 Å². The predicted molar refractivity (Wildman–Crippen MR) is 81.4 cm³/mol. The van der Waals surface area contributed by atoms with Gasteiger partial charge in [-0.05, 0) is 43.3 Å². The van der Waals surface area contributed by atoms with Gasteiger partial charge in [0.15, 0.2) is 18.1 Å². The van der Waals surface area contributed by atoms with Crippen LogP contribution in [0.25, 0.3) is 5.65 Å². The van der Waals surface area contributed by atoms with E-state index in [-0.39, 0.29) is 24.4 Å². The van der Waals surface area contributed by atoms with Gasteiger partial charge in [-0.2, -0.15) is 0 Å². The molecule has 3 aromatic rings. The lowest BCUT2D eigenvalue weighted by Gasteiger charge is -2.13. The molecule has 1 unspecified atom stereocenters. The zero-order chi connectivity index (χ0) is 16.2. The van der Waals surface area contributed by atoms with Crippen molar-refractivity contribution in [1.82, 2.24) is 19.9 Å². The largest absolute Gasteiger partial charge is 0.484 e. The van der Waals surface area contributed by atoms with Gasteiger partial charge < -0.3 is 10.1 Å². The molecule has 0 saturated heterocycles. The number of hydrogen-bond acceptors (Lipinski definition) is 4. The lowest BCUT2D eigenvalue weighted by molar-refractivity contribution is -0.123. The van der Waals surface area contributed by atoms with E-state index in [0.29, 0.717) is 17.2 Å². The maximum absolute atomic E-state index is 12.8. The minimum absolute atomic E-state index is 0.160. The second-order valence-electron chi connectivity index (χ2n) is 5.02. The Labute approximate surface area is 131 Å². The number of halogens is 1. The SMILES string of the molecule is CC(NC(=O)COc1ccc(F)cc1)c1nnc2ccccn12. The highest BCUT2D eigenvalue weighted by molar-refractivity contribution is 5.77. The first-order valence-electron chi connectivity index (χ1n) is 7.11. The van der Waals surface area contributed by atoms with Crippen LogP contribution < -0.4 is 10.1 Å². The van der Waals surface area contributed by atoms with Crippen molar-refractivity contribution in [2.45, 2.75) is 13.0 Å². The van der Waals surface area contributed by atoms with E-state index in [1.807, 2.05) is 35.7 Å². The summed E-state index contributed by atoms with van der Waals surface area (Å²) in [6.07, 6.45) is 1.84. The summed E-state index contributed by atoms with van der Waals surface area (Å²) in [5.41, 5.74) is 0.714. The van der Waals surface area contributed by atoms with Gasteiger partial charge >= 0.3 is 0 Å². The number of ether oxygens (including phenoxy) is 1. The summed E-state index contributed by atoms with van der Waals surface area (Å²) in [5.74, 6) is 0.418. The molecule has 7 heteroatoms. The fourth-order valence-corrected chi connectivity index (χ4v) is 2.18. The quantitative estimate of drug-likeness (QED) is 0.783. The van der Waals surface area contributed by atoms with E-state index in [4.69, 9.17) is 4.74 Å². The molecular weight excluding hydrogens is 299 g/mol. The molecule has 1 atom stereocenters. The molecular formula is C16H15FN4O2. The van der Waals surface area contributed by atoms with Crippen LogP contribution in [0.15, 0.2) is 48.7 Å². The van der Waals surface area contributed by atoms with Crippen molar-refractivity contribution < 1.29 is 13.9 Å². The zero-order valence-electron chi connectivity index (χ0n) is 12.4. The molecule has 1 aromatic carbocycles. The summed E-state index contributed by atoms with van der Waals surface area (Å²) in [5, 5.41) is 10.9. The van der Waals surface area contributed by atoms with Crippen LogP contribution in [0.3, 0.4) is 0 Å². The average molecular weight is 314 g/mol. The summed E-state index contributed by atoms with van der Waals surface area (Å²) in [7, 11) is 0. The number of rotatable bonds is 5. The van der Waals surface area contributed by atoms with E-state index in [1.54, 1.807) is 0 Å². The van der Waals surface area contributed by atoms with Crippen molar-refractivity contribution in [3.05, 3.63) is 60.3 Å². The number of aromatic nitrogens is 3. The van der Waals surface area contributed by atoms with Crippen molar-refractivity contribution in [3.63, 3.8) is 0 Å². The highest BCUT2D eigenvalue weighted by Gasteiger charge is 2.15. The Bertz CT molecular complexity index is 816. The van der Waals surface area contributed by atoms with Crippen molar-refractivity contribution in [3.8, 4) is 5.75 Å². The lowest BCUT2D eigenvalue weighted by Crippen LogP contribution is -2.32. The van der Waals surface area contributed by atoms with Gasteiger partial charge in [-0.1, -0.05) is 6.07 Å². The first kappa shape index (κ1) is 15.0. The van der Waals surface area contributed by atoms with E-state index < -0.39 is 0 Å². The molecule has 0 bridgehead atoms. The Morgan fingerprint density at radius 2 is 2.04 bits per heavy atom. The molecule has 0 aliphatic heterocycles. The predicted octanol–water partition coefficient (Wildman–Crippen LogP) is 2.12. The van der Waals surface area contributed by atoms with Crippen LogP contribution in [0.5, 0.6) is 5.75 Å². The molecule has 0 radical (unpaired) electrons. The molecule has 118 valence electrons. The minimum atomic E-state index is -0.353. The molecule has 6 nitrogen and oxygen atoms in total. The van der Waals surface area contributed by atoms with Crippen LogP contribution in [0.4, 0.5) is 4.39 Å².